The van der Waals surface area contributed by atoms with Crippen molar-refractivity contribution in [3.63, 3.8) is 0 Å². The first kappa shape index (κ1) is 14.5. The largest absolute Gasteiger partial charge is 0.313 e. The van der Waals surface area contributed by atoms with Crippen LogP contribution in [0.4, 0.5) is 0 Å². The third-order valence-electron chi connectivity index (χ3n) is 3.60. The summed E-state index contributed by atoms with van der Waals surface area (Å²) in [6, 6.07) is 0.125. The third kappa shape index (κ3) is 2.82. The topological polar surface area (TPSA) is 78.1 Å². The number of nitrogens with one attached hydrogen (secondary N) is 2. The number of aromatic nitrogens is 2. The van der Waals surface area contributed by atoms with E-state index in [-0.39, 0.29) is 11.1 Å². The zero-order chi connectivity index (χ0) is 13.9. The van der Waals surface area contributed by atoms with Gasteiger partial charge in [0.15, 0.2) is 5.03 Å². The molecule has 19 heavy (non-hydrogen) atoms. The monoisotopic (exact) mass is 286 g/mol. The van der Waals surface area contributed by atoms with E-state index in [0.717, 1.165) is 25.8 Å². The molecule has 0 radical (unpaired) electrons. The van der Waals surface area contributed by atoms with Crippen molar-refractivity contribution in [2.24, 2.45) is 0 Å². The maximum Gasteiger partial charge on any atom is 0.260 e. The van der Waals surface area contributed by atoms with Crippen LogP contribution in [0.15, 0.2) is 11.2 Å². The van der Waals surface area contributed by atoms with Crippen LogP contribution in [-0.2, 0) is 16.6 Å². The van der Waals surface area contributed by atoms with Crippen LogP contribution in [0.1, 0.15) is 38.7 Å². The van der Waals surface area contributed by atoms with Crippen molar-refractivity contribution in [2.45, 2.75) is 50.7 Å². The lowest BCUT2D eigenvalue weighted by Gasteiger charge is -2.22. The van der Waals surface area contributed by atoms with Crippen LogP contribution in [0.2, 0.25) is 0 Å². The molecule has 1 saturated heterocycles. The molecule has 0 aliphatic carbocycles. The molecule has 7 heteroatoms. The molecule has 2 N–H and O–H groups in total. The highest BCUT2D eigenvalue weighted by Crippen LogP contribution is 2.28. The Hall–Kier alpha value is -0.920. The lowest BCUT2D eigenvalue weighted by molar-refractivity contribution is 0.377. The normalized spacial score (nSPS) is 21.1. The van der Waals surface area contributed by atoms with Crippen molar-refractivity contribution in [3.8, 4) is 0 Å². The quantitative estimate of drug-likeness (QED) is 0.820. The van der Waals surface area contributed by atoms with E-state index in [4.69, 9.17) is 0 Å². The molecular formula is C12H22N4O2S. The van der Waals surface area contributed by atoms with E-state index in [1.807, 2.05) is 13.8 Å². The van der Waals surface area contributed by atoms with E-state index in [9.17, 15) is 8.42 Å². The molecule has 1 aliphatic heterocycles. The third-order valence-corrected chi connectivity index (χ3v) is 5.57. The number of hydrogen-bond donors (Lipinski definition) is 2. The first-order valence-corrected chi connectivity index (χ1v) is 8.30. The molecule has 1 atom stereocenters. The molecule has 2 heterocycles. The van der Waals surface area contributed by atoms with Crippen molar-refractivity contribution < 1.29 is 8.42 Å². The van der Waals surface area contributed by atoms with Gasteiger partial charge in [-0.15, -0.1) is 0 Å². The predicted molar refractivity (Wildman–Crippen MR) is 73.2 cm³/mol. The molecule has 1 aromatic heterocycles. The fraction of sp³-hybridized carbons (Fsp3) is 0.750. The summed E-state index contributed by atoms with van der Waals surface area (Å²) in [5, 5.41) is 9.93. The molecule has 108 valence electrons. The van der Waals surface area contributed by atoms with Crippen LogP contribution in [0, 0.1) is 0 Å². The fourth-order valence-electron chi connectivity index (χ4n) is 2.56. The highest BCUT2D eigenvalue weighted by Gasteiger charge is 2.36. The summed E-state index contributed by atoms with van der Waals surface area (Å²) in [6.45, 7) is 5.95. The molecular weight excluding hydrogens is 264 g/mol. The SMILES string of the molecule is CCNCc1cn[nH]c1S(=O)(=O)N1CCCC1CC. The maximum absolute atomic E-state index is 12.7. The number of nitrogens with zero attached hydrogens (tertiary/aromatic N) is 2. The average molecular weight is 286 g/mol. The summed E-state index contributed by atoms with van der Waals surface area (Å²) in [5.74, 6) is 0. The summed E-state index contributed by atoms with van der Waals surface area (Å²) in [6.07, 6.45) is 4.34. The summed E-state index contributed by atoms with van der Waals surface area (Å²) in [4.78, 5) is 0. The lowest BCUT2D eigenvalue weighted by atomic mass is 10.2. The van der Waals surface area contributed by atoms with Gasteiger partial charge in [0.05, 0.1) is 6.20 Å². The fourth-order valence-corrected chi connectivity index (χ4v) is 4.43. The van der Waals surface area contributed by atoms with E-state index in [2.05, 4.69) is 15.5 Å². The van der Waals surface area contributed by atoms with E-state index in [1.54, 1.807) is 10.5 Å². The number of sulfonamides is 1. The van der Waals surface area contributed by atoms with Gasteiger partial charge in [0, 0.05) is 24.7 Å². The van der Waals surface area contributed by atoms with Gasteiger partial charge in [-0.3, -0.25) is 5.10 Å². The average Bonchev–Trinajstić information content (AvgIpc) is 3.04. The maximum atomic E-state index is 12.7. The second-order valence-electron chi connectivity index (χ2n) is 4.82. The highest BCUT2D eigenvalue weighted by molar-refractivity contribution is 7.89. The molecule has 0 amide bonds. The van der Waals surface area contributed by atoms with Gasteiger partial charge in [0.25, 0.3) is 10.0 Å². The molecule has 0 saturated carbocycles. The molecule has 1 aromatic rings. The highest BCUT2D eigenvalue weighted by atomic mass is 32.2. The molecule has 0 bridgehead atoms. The molecule has 6 nitrogen and oxygen atoms in total. The molecule has 1 unspecified atom stereocenters. The van der Waals surface area contributed by atoms with Gasteiger partial charge < -0.3 is 5.32 Å². The van der Waals surface area contributed by atoms with E-state index in [1.165, 1.54) is 0 Å². The first-order valence-electron chi connectivity index (χ1n) is 6.86. The Morgan fingerprint density at radius 1 is 1.53 bits per heavy atom. The summed E-state index contributed by atoms with van der Waals surface area (Å²) < 4.78 is 27.0. The Labute approximate surface area is 114 Å². The second-order valence-corrected chi connectivity index (χ2v) is 6.65. The van der Waals surface area contributed by atoms with Gasteiger partial charge in [-0.25, -0.2) is 8.42 Å². The van der Waals surface area contributed by atoms with Crippen LogP contribution in [0.3, 0.4) is 0 Å². The number of H-pyrrole nitrogens is 1. The minimum Gasteiger partial charge on any atom is -0.313 e. The van der Waals surface area contributed by atoms with Crippen molar-refractivity contribution in [1.82, 2.24) is 19.8 Å². The smallest absolute Gasteiger partial charge is 0.260 e. The number of aromatic amines is 1. The second kappa shape index (κ2) is 6.02. The first-order chi connectivity index (χ1) is 9.11. The Kier molecular flexibility index (Phi) is 4.59. The van der Waals surface area contributed by atoms with Crippen LogP contribution in [0.25, 0.3) is 0 Å². The van der Waals surface area contributed by atoms with E-state index in [0.29, 0.717) is 18.7 Å². The standard InChI is InChI=1S/C12H22N4O2S/c1-3-11-6-5-7-16(11)19(17,18)12-10(8-13-4-2)9-14-15-12/h9,11,13H,3-8H2,1-2H3,(H,14,15). The lowest BCUT2D eigenvalue weighted by Crippen LogP contribution is -2.36. The Morgan fingerprint density at radius 3 is 3.00 bits per heavy atom. The van der Waals surface area contributed by atoms with E-state index >= 15 is 0 Å². The van der Waals surface area contributed by atoms with Gasteiger partial charge in [0.2, 0.25) is 0 Å². The van der Waals surface area contributed by atoms with Crippen LogP contribution < -0.4 is 5.32 Å². The zero-order valence-electron chi connectivity index (χ0n) is 11.5. The number of rotatable bonds is 6. The van der Waals surface area contributed by atoms with Crippen molar-refractivity contribution >= 4 is 10.0 Å². The predicted octanol–water partition coefficient (Wildman–Crippen LogP) is 1.08. The Balaban J connectivity index is 2.26. The zero-order valence-corrected chi connectivity index (χ0v) is 12.3. The van der Waals surface area contributed by atoms with Crippen molar-refractivity contribution in [1.29, 1.82) is 0 Å². The van der Waals surface area contributed by atoms with Crippen LogP contribution in [-0.4, -0.2) is 42.1 Å². The molecule has 1 aliphatic rings. The van der Waals surface area contributed by atoms with Gasteiger partial charge in [-0.1, -0.05) is 13.8 Å². The minimum atomic E-state index is -3.44. The summed E-state index contributed by atoms with van der Waals surface area (Å²) >= 11 is 0. The molecule has 1 fully saturated rings. The summed E-state index contributed by atoms with van der Waals surface area (Å²) in [5.41, 5.74) is 0.712. The van der Waals surface area contributed by atoms with Crippen LogP contribution in [0.5, 0.6) is 0 Å². The Morgan fingerprint density at radius 2 is 2.32 bits per heavy atom. The van der Waals surface area contributed by atoms with Crippen LogP contribution >= 0.6 is 0 Å². The van der Waals surface area contributed by atoms with Gasteiger partial charge in [-0.2, -0.15) is 9.40 Å². The van der Waals surface area contributed by atoms with Crippen molar-refractivity contribution in [2.75, 3.05) is 13.1 Å². The summed E-state index contributed by atoms with van der Waals surface area (Å²) in [7, 11) is -3.44. The Bertz CT molecular complexity index is 512. The molecule has 0 aromatic carbocycles. The minimum absolute atomic E-state index is 0.125. The van der Waals surface area contributed by atoms with Gasteiger partial charge >= 0.3 is 0 Å². The molecule has 2 rings (SSSR count). The van der Waals surface area contributed by atoms with E-state index < -0.39 is 10.0 Å². The van der Waals surface area contributed by atoms with Crippen molar-refractivity contribution in [3.05, 3.63) is 11.8 Å². The van der Waals surface area contributed by atoms with Gasteiger partial charge in [-0.05, 0) is 25.8 Å². The molecule has 0 spiro atoms. The number of hydrogen-bond acceptors (Lipinski definition) is 4. The van der Waals surface area contributed by atoms with Gasteiger partial charge in [0.1, 0.15) is 0 Å².